The lowest BCUT2D eigenvalue weighted by atomic mass is 9.99. The molecule has 3 fully saturated rings. The van der Waals surface area contributed by atoms with Gasteiger partial charge in [-0.15, -0.1) is 0 Å². The summed E-state index contributed by atoms with van der Waals surface area (Å²) in [6.07, 6.45) is 5.98. The SMILES string of the molecule is CCc1cc(Nc2ncc(Br)c(Nc3ccc4c(c3P(C)(C)=O)OCCO4)n2)c(OC)cc1N1CCC(N2CCN(CCC#Cc3cccc4c3CN(C3CCC(=O)NC3=O)C4=O)CC2)CC1. The minimum Gasteiger partial charge on any atom is -0.494 e. The van der Waals surface area contributed by atoms with Gasteiger partial charge in [0.05, 0.1) is 28.3 Å². The molecule has 0 aliphatic carbocycles. The fourth-order valence-corrected chi connectivity index (χ4v) is 11.5. The molecule has 18 heteroatoms. The molecular formula is C49H57BrN9O7P. The normalized spacial score (nSPS) is 19.1. The van der Waals surface area contributed by atoms with Gasteiger partial charge in [0.2, 0.25) is 17.8 Å². The van der Waals surface area contributed by atoms with Crippen LogP contribution in [-0.4, -0.2) is 134 Å². The van der Waals surface area contributed by atoms with E-state index in [2.05, 4.69) is 82.5 Å². The molecule has 67 heavy (non-hydrogen) atoms. The first-order valence-corrected chi connectivity index (χ1v) is 26.5. The average Bonchev–Trinajstić information content (AvgIpc) is 3.67. The molecular weight excluding hydrogens is 937 g/mol. The molecule has 4 aromatic rings. The number of imide groups is 1. The number of hydrogen-bond acceptors (Lipinski definition) is 14. The van der Waals surface area contributed by atoms with Gasteiger partial charge in [-0.3, -0.25) is 29.5 Å². The van der Waals surface area contributed by atoms with Crippen LogP contribution in [0.1, 0.15) is 66.1 Å². The molecule has 3 aromatic carbocycles. The van der Waals surface area contributed by atoms with Crippen molar-refractivity contribution in [2.45, 2.75) is 64.1 Å². The van der Waals surface area contributed by atoms with Crippen LogP contribution in [0.15, 0.2) is 53.1 Å². The van der Waals surface area contributed by atoms with Gasteiger partial charge in [-0.1, -0.05) is 24.8 Å². The number of aromatic nitrogens is 2. The van der Waals surface area contributed by atoms with Gasteiger partial charge >= 0.3 is 0 Å². The first-order chi connectivity index (χ1) is 32.4. The number of methoxy groups -OCH3 is 1. The number of hydrogen-bond donors (Lipinski definition) is 3. The number of piperazine rings is 1. The summed E-state index contributed by atoms with van der Waals surface area (Å²) in [5, 5.41) is 9.72. The van der Waals surface area contributed by atoms with Crippen molar-refractivity contribution in [1.29, 1.82) is 0 Å². The standard InChI is InChI=1S/C49H57BrN9O7P/c1-5-31-27-38(53-49-51-29-36(50)46(55-49)52-37-12-14-41-44(66-26-25-65-41)45(37)67(3,4)63)42(64-2)28-40(31)58-19-16-33(17-20-58)57-23-21-56(22-24-57)18-7-6-9-32-10-8-11-34-35(32)30-59(48(34)62)39-13-15-43(60)54-47(39)61/h8,10-12,14,27-29,33,39H,5,7,13,15-26,30H2,1-4H3,(H,54,60,61)(H2,51,52,53,55). The van der Waals surface area contributed by atoms with E-state index in [1.807, 2.05) is 24.3 Å². The summed E-state index contributed by atoms with van der Waals surface area (Å²) in [4.78, 5) is 56.0. The van der Waals surface area contributed by atoms with Crippen molar-refractivity contribution in [2.24, 2.45) is 0 Å². The van der Waals surface area contributed by atoms with Crippen molar-refractivity contribution >= 4 is 74.9 Å². The lowest BCUT2D eigenvalue weighted by molar-refractivity contribution is -0.136. The lowest BCUT2D eigenvalue weighted by Crippen LogP contribution is -2.53. The molecule has 352 valence electrons. The molecule has 1 aromatic heterocycles. The summed E-state index contributed by atoms with van der Waals surface area (Å²) >= 11 is 3.60. The van der Waals surface area contributed by atoms with Crippen LogP contribution in [0.4, 0.5) is 28.8 Å². The van der Waals surface area contributed by atoms with Gasteiger partial charge in [0.25, 0.3) is 5.91 Å². The fraction of sp³-hybridized carbons (Fsp3) is 0.449. The molecule has 0 bridgehead atoms. The predicted octanol–water partition coefficient (Wildman–Crippen LogP) is 6.11. The maximum Gasteiger partial charge on any atom is 0.255 e. The van der Waals surface area contributed by atoms with Gasteiger partial charge in [0, 0.05) is 100 Å². The first kappa shape index (κ1) is 46.5. The Kier molecular flexibility index (Phi) is 13.8. The molecule has 0 saturated carbocycles. The number of benzene rings is 3. The van der Waals surface area contributed by atoms with Crippen LogP contribution in [0.2, 0.25) is 0 Å². The van der Waals surface area contributed by atoms with Crippen LogP contribution in [0.3, 0.4) is 0 Å². The Balaban J connectivity index is 0.777. The third-order valence-electron chi connectivity index (χ3n) is 13.3. The predicted molar refractivity (Wildman–Crippen MR) is 262 cm³/mol. The number of amides is 3. The van der Waals surface area contributed by atoms with Crippen LogP contribution >= 0.6 is 23.1 Å². The summed E-state index contributed by atoms with van der Waals surface area (Å²) in [5.41, 5.74) is 6.04. The summed E-state index contributed by atoms with van der Waals surface area (Å²) in [6.45, 7) is 13.6. The van der Waals surface area contributed by atoms with Crippen molar-refractivity contribution < 1.29 is 33.2 Å². The zero-order chi connectivity index (χ0) is 46.8. The number of nitrogens with one attached hydrogen (secondary N) is 3. The van der Waals surface area contributed by atoms with Crippen molar-refractivity contribution in [2.75, 3.05) is 95.0 Å². The molecule has 0 radical (unpaired) electrons. The first-order valence-electron chi connectivity index (χ1n) is 23.1. The number of rotatable bonds is 12. The topological polar surface area (TPSA) is 171 Å². The van der Waals surface area contributed by atoms with Crippen molar-refractivity contribution in [1.82, 2.24) is 30.0 Å². The minimum atomic E-state index is -2.79. The van der Waals surface area contributed by atoms with E-state index in [1.54, 1.807) is 37.6 Å². The van der Waals surface area contributed by atoms with Gasteiger partial charge in [0.1, 0.15) is 38.0 Å². The van der Waals surface area contributed by atoms with E-state index in [-0.39, 0.29) is 18.2 Å². The van der Waals surface area contributed by atoms with Crippen LogP contribution in [0.5, 0.6) is 17.2 Å². The van der Waals surface area contributed by atoms with Gasteiger partial charge in [-0.25, -0.2) is 4.98 Å². The fourth-order valence-electron chi connectivity index (χ4n) is 9.86. The Bertz CT molecular complexity index is 2690. The average molecular weight is 995 g/mol. The van der Waals surface area contributed by atoms with Crippen molar-refractivity contribution in [3.63, 3.8) is 0 Å². The molecule has 0 spiro atoms. The van der Waals surface area contributed by atoms with Gasteiger partial charge < -0.3 is 39.2 Å². The smallest absolute Gasteiger partial charge is 0.255 e. The molecule has 3 N–H and O–H groups in total. The van der Waals surface area contributed by atoms with E-state index in [4.69, 9.17) is 19.2 Å². The number of halogens is 1. The summed E-state index contributed by atoms with van der Waals surface area (Å²) in [5.74, 6) is 8.44. The van der Waals surface area contributed by atoms with Gasteiger partial charge in [-0.05, 0) is 96.4 Å². The highest BCUT2D eigenvalue weighted by Crippen LogP contribution is 2.47. The molecule has 1 atom stereocenters. The second-order valence-corrected chi connectivity index (χ2v) is 21.9. The maximum atomic E-state index is 13.5. The van der Waals surface area contributed by atoms with Gasteiger partial charge in [0.15, 0.2) is 11.5 Å². The second-order valence-electron chi connectivity index (χ2n) is 17.9. The van der Waals surface area contributed by atoms with E-state index in [9.17, 15) is 18.9 Å². The molecule has 5 aliphatic heterocycles. The van der Waals surface area contributed by atoms with Crippen LogP contribution in [0.25, 0.3) is 0 Å². The maximum absolute atomic E-state index is 13.5. The number of piperidine rings is 2. The molecule has 6 heterocycles. The largest absolute Gasteiger partial charge is 0.494 e. The highest BCUT2D eigenvalue weighted by Gasteiger charge is 2.40. The molecule has 3 amide bonds. The number of anilines is 5. The molecule has 5 aliphatic rings. The Hall–Kier alpha value is -5.66. The number of nitrogens with zero attached hydrogens (tertiary/aromatic N) is 6. The molecule has 3 saturated heterocycles. The van der Waals surface area contributed by atoms with Crippen molar-refractivity contribution in [3.05, 3.63) is 75.4 Å². The molecule has 9 rings (SSSR count). The van der Waals surface area contributed by atoms with E-state index in [0.29, 0.717) is 82.3 Å². The third kappa shape index (κ3) is 10.00. The highest BCUT2D eigenvalue weighted by molar-refractivity contribution is 9.10. The lowest BCUT2D eigenvalue weighted by Gasteiger charge is -2.43. The second kappa shape index (κ2) is 19.9. The summed E-state index contributed by atoms with van der Waals surface area (Å²) < 4.78 is 31.9. The minimum absolute atomic E-state index is 0.180. The molecule has 1 unspecified atom stereocenters. The Morgan fingerprint density at radius 3 is 2.51 bits per heavy atom. The zero-order valence-electron chi connectivity index (χ0n) is 38.5. The number of ether oxygens (including phenoxy) is 3. The number of carbonyl (C=O) groups is 3. The monoisotopic (exact) mass is 993 g/mol. The van der Waals surface area contributed by atoms with E-state index in [1.165, 1.54) is 11.3 Å². The Morgan fingerprint density at radius 1 is 0.970 bits per heavy atom. The van der Waals surface area contributed by atoms with Crippen LogP contribution in [0, 0.1) is 11.8 Å². The quantitative estimate of drug-likeness (QED) is 0.0845. The zero-order valence-corrected chi connectivity index (χ0v) is 40.9. The highest BCUT2D eigenvalue weighted by atomic mass is 79.9. The van der Waals surface area contributed by atoms with E-state index < -0.39 is 19.1 Å². The van der Waals surface area contributed by atoms with E-state index in [0.717, 1.165) is 88.3 Å². The van der Waals surface area contributed by atoms with Crippen LogP contribution in [-0.2, 0) is 27.1 Å². The van der Waals surface area contributed by atoms with Crippen LogP contribution < -0.4 is 40.4 Å². The molecule has 16 nitrogen and oxygen atoms in total. The Morgan fingerprint density at radius 2 is 1.76 bits per heavy atom. The summed E-state index contributed by atoms with van der Waals surface area (Å²) in [7, 11) is -1.12. The van der Waals surface area contributed by atoms with Gasteiger partial charge in [-0.2, -0.15) is 4.98 Å². The summed E-state index contributed by atoms with van der Waals surface area (Å²) in [6, 6.07) is 13.4. The number of carbonyl (C=O) groups excluding carboxylic acids is 3. The third-order valence-corrected chi connectivity index (χ3v) is 15.4. The number of fused-ring (bicyclic) bond motifs is 2. The Labute approximate surface area is 400 Å². The number of aryl methyl sites for hydroxylation is 1. The van der Waals surface area contributed by atoms with E-state index >= 15 is 0 Å². The van der Waals surface area contributed by atoms with Crippen molar-refractivity contribution in [3.8, 4) is 29.1 Å².